The summed E-state index contributed by atoms with van der Waals surface area (Å²) in [5, 5.41) is 10.3. The summed E-state index contributed by atoms with van der Waals surface area (Å²) in [5.74, 6) is 0.288. The predicted molar refractivity (Wildman–Crippen MR) is 115 cm³/mol. The van der Waals surface area contributed by atoms with Gasteiger partial charge in [0.15, 0.2) is 5.82 Å². The standard InChI is InChI=1S/C20H17BrClN5O3/c1-30-13-6-4-12(5-7-13)24-19(29)20(8-9-20)25-18(28)15-11-16(21)26-27(15)17-14(22)3-2-10-23-17/h2-7,10-11H,8-9H2,1H3,(H,24,29)(H,25,28). The van der Waals surface area contributed by atoms with Crippen LogP contribution in [0, 0.1) is 0 Å². The fraction of sp³-hybridized carbons (Fsp3) is 0.200. The lowest BCUT2D eigenvalue weighted by atomic mass is 10.2. The maximum Gasteiger partial charge on any atom is 0.270 e. The minimum Gasteiger partial charge on any atom is -0.497 e. The Bertz CT molecular complexity index is 1110. The van der Waals surface area contributed by atoms with Crippen LogP contribution in [0.2, 0.25) is 5.02 Å². The van der Waals surface area contributed by atoms with Gasteiger partial charge >= 0.3 is 0 Å². The number of amides is 2. The fourth-order valence-corrected chi connectivity index (χ4v) is 3.53. The average molecular weight is 491 g/mol. The molecular weight excluding hydrogens is 474 g/mol. The molecule has 0 spiro atoms. The van der Waals surface area contributed by atoms with E-state index < -0.39 is 11.4 Å². The molecule has 30 heavy (non-hydrogen) atoms. The van der Waals surface area contributed by atoms with Crippen molar-refractivity contribution in [1.82, 2.24) is 20.1 Å². The lowest BCUT2D eigenvalue weighted by Gasteiger charge is -2.18. The number of anilines is 1. The largest absolute Gasteiger partial charge is 0.497 e. The summed E-state index contributed by atoms with van der Waals surface area (Å²) in [4.78, 5) is 30.0. The molecule has 1 saturated carbocycles. The third-order valence-corrected chi connectivity index (χ3v) is 5.42. The molecule has 10 heteroatoms. The fourth-order valence-electron chi connectivity index (χ4n) is 2.95. The summed E-state index contributed by atoms with van der Waals surface area (Å²) in [6.45, 7) is 0. The van der Waals surface area contributed by atoms with E-state index in [4.69, 9.17) is 16.3 Å². The molecule has 0 unspecified atom stereocenters. The molecule has 0 atom stereocenters. The lowest BCUT2D eigenvalue weighted by molar-refractivity contribution is -0.118. The number of aromatic nitrogens is 3. The van der Waals surface area contributed by atoms with E-state index in [-0.39, 0.29) is 11.6 Å². The SMILES string of the molecule is COc1ccc(NC(=O)C2(NC(=O)c3cc(Br)nn3-c3ncccc3Cl)CC2)cc1. The maximum atomic E-state index is 13.0. The number of benzene rings is 1. The van der Waals surface area contributed by atoms with E-state index in [1.54, 1.807) is 55.8 Å². The predicted octanol–water partition coefficient (Wildman–Crippen LogP) is 3.59. The highest BCUT2D eigenvalue weighted by molar-refractivity contribution is 9.10. The summed E-state index contributed by atoms with van der Waals surface area (Å²) >= 11 is 9.49. The van der Waals surface area contributed by atoms with Gasteiger partial charge in [-0.05, 0) is 65.2 Å². The molecule has 0 bridgehead atoms. The van der Waals surface area contributed by atoms with Crippen LogP contribution < -0.4 is 15.4 Å². The van der Waals surface area contributed by atoms with E-state index in [2.05, 4.69) is 36.6 Å². The van der Waals surface area contributed by atoms with Crippen LogP contribution in [0.4, 0.5) is 5.69 Å². The summed E-state index contributed by atoms with van der Waals surface area (Å²) in [5.41, 5.74) is -0.132. The van der Waals surface area contributed by atoms with Crippen molar-refractivity contribution < 1.29 is 14.3 Å². The molecule has 3 aromatic rings. The van der Waals surface area contributed by atoms with Gasteiger partial charge in [-0.25, -0.2) is 9.67 Å². The highest BCUT2D eigenvalue weighted by atomic mass is 79.9. The van der Waals surface area contributed by atoms with Crippen LogP contribution in [0.3, 0.4) is 0 Å². The van der Waals surface area contributed by atoms with Crippen molar-refractivity contribution in [2.24, 2.45) is 0 Å². The van der Waals surface area contributed by atoms with E-state index in [0.717, 1.165) is 0 Å². The molecule has 2 amide bonds. The second kappa shape index (κ2) is 8.08. The van der Waals surface area contributed by atoms with Crippen molar-refractivity contribution in [3.05, 3.63) is 64.0 Å². The Labute approximate surface area is 185 Å². The molecule has 1 aliphatic carbocycles. The van der Waals surface area contributed by atoms with Crippen LogP contribution in [0.5, 0.6) is 5.75 Å². The average Bonchev–Trinajstić information content (AvgIpc) is 3.42. The molecule has 2 heterocycles. The minimum atomic E-state index is -0.966. The van der Waals surface area contributed by atoms with Crippen molar-refractivity contribution in [3.63, 3.8) is 0 Å². The van der Waals surface area contributed by atoms with Gasteiger partial charge in [0.25, 0.3) is 5.91 Å². The van der Waals surface area contributed by atoms with Crippen molar-refractivity contribution in [2.75, 3.05) is 12.4 Å². The van der Waals surface area contributed by atoms with Crippen LogP contribution >= 0.6 is 27.5 Å². The number of carbonyl (C=O) groups excluding carboxylic acids is 2. The van der Waals surface area contributed by atoms with Crippen LogP contribution in [-0.4, -0.2) is 39.2 Å². The number of ether oxygens (including phenoxy) is 1. The van der Waals surface area contributed by atoms with Gasteiger partial charge in [-0.1, -0.05) is 11.6 Å². The zero-order valence-corrected chi connectivity index (χ0v) is 18.2. The quantitative estimate of drug-likeness (QED) is 0.550. The first-order valence-electron chi connectivity index (χ1n) is 9.06. The van der Waals surface area contributed by atoms with Gasteiger partial charge in [-0.15, -0.1) is 0 Å². The Morgan fingerprint density at radius 3 is 2.60 bits per heavy atom. The molecule has 1 fully saturated rings. The lowest BCUT2D eigenvalue weighted by Crippen LogP contribution is -2.46. The maximum absolute atomic E-state index is 13.0. The smallest absolute Gasteiger partial charge is 0.270 e. The van der Waals surface area contributed by atoms with Gasteiger partial charge in [0.1, 0.15) is 21.6 Å². The minimum absolute atomic E-state index is 0.214. The van der Waals surface area contributed by atoms with E-state index in [9.17, 15) is 9.59 Å². The van der Waals surface area contributed by atoms with Crippen molar-refractivity contribution in [1.29, 1.82) is 0 Å². The summed E-state index contributed by atoms with van der Waals surface area (Å²) in [6, 6.07) is 11.9. The molecule has 0 radical (unpaired) electrons. The number of carbonyl (C=O) groups is 2. The number of hydrogen-bond acceptors (Lipinski definition) is 5. The highest BCUT2D eigenvalue weighted by Crippen LogP contribution is 2.37. The van der Waals surface area contributed by atoms with Crippen LogP contribution in [0.1, 0.15) is 23.3 Å². The van der Waals surface area contributed by atoms with Gasteiger partial charge in [0.05, 0.1) is 12.1 Å². The number of nitrogens with zero attached hydrogens (tertiary/aromatic N) is 3. The molecule has 1 aliphatic rings. The van der Waals surface area contributed by atoms with Crippen LogP contribution in [0.25, 0.3) is 5.82 Å². The second-order valence-corrected chi connectivity index (χ2v) is 8.01. The third-order valence-electron chi connectivity index (χ3n) is 4.74. The molecule has 0 aliphatic heterocycles. The molecule has 4 rings (SSSR count). The number of methoxy groups -OCH3 is 1. The molecule has 8 nitrogen and oxygen atoms in total. The Balaban J connectivity index is 1.52. The number of nitrogens with one attached hydrogen (secondary N) is 2. The number of halogens is 2. The zero-order chi connectivity index (χ0) is 21.3. The van der Waals surface area contributed by atoms with Crippen LogP contribution in [-0.2, 0) is 4.79 Å². The number of pyridine rings is 1. The Kier molecular flexibility index (Phi) is 5.48. The normalized spacial score (nSPS) is 14.1. The highest BCUT2D eigenvalue weighted by Gasteiger charge is 2.51. The monoisotopic (exact) mass is 489 g/mol. The number of rotatable bonds is 6. The molecule has 0 saturated heterocycles. The molecular formula is C20H17BrClN5O3. The first kappa shape index (κ1) is 20.4. The summed E-state index contributed by atoms with van der Waals surface area (Å²) in [6.07, 6.45) is 2.64. The van der Waals surface area contributed by atoms with Gasteiger partial charge in [-0.2, -0.15) is 5.10 Å². The topological polar surface area (TPSA) is 98.1 Å². The Hall–Kier alpha value is -2.91. The van der Waals surface area contributed by atoms with Gasteiger partial charge in [-0.3, -0.25) is 9.59 Å². The molecule has 2 N–H and O–H groups in total. The molecule has 154 valence electrons. The van der Waals surface area contributed by atoms with Gasteiger partial charge < -0.3 is 15.4 Å². The Morgan fingerprint density at radius 1 is 1.23 bits per heavy atom. The van der Waals surface area contributed by atoms with Crippen molar-refractivity contribution >= 4 is 45.0 Å². The molecule has 2 aromatic heterocycles. The van der Waals surface area contributed by atoms with E-state index in [0.29, 0.717) is 39.7 Å². The summed E-state index contributed by atoms with van der Waals surface area (Å²) < 4.78 is 6.91. The van der Waals surface area contributed by atoms with Crippen molar-refractivity contribution in [3.8, 4) is 11.6 Å². The van der Waals surface area contributed by atoms with Gasteiger partial charge in [0, 0.05) is 18.0 Å². The zero-order valence-electron chi connectivity index (χ0n) is 15.9. The van der Waals surface area contributed by atoms with E-state index in [1.807, 2.05) is 0 Å². The first-order valence-corrected chi connectivity index (χ1v) is 10.2. The third kappa shape index (κ3) is 4.03. The van der Waals surface area contributed by atoms with Gasteiger partial charge in [0.2, 0.25) is 5.91 Å². The second-order valence-electron chi connectivity index (χ2n) is 6.79. The summed E-state index contributed by atoms with van der Waals surface area (Å²) in [7, 11) is 1.57. The first-order chi connectivity index (χ1) is 14.4. The van der Waals surface area contributed by atoms with Crippen molar-refractivity contribution in [2.45, 2.75) is 18.4 Å². The molecule has 1 aromatic carbocycles. The number of hydrogen-bond donors (Lipinski definition) is 2. The Morgan fingerprint density at radius 2 is 1.97 bits per heavy atom. The van der Waals surface area contributed by atoms with Crippen LogP contribution in [0.15, 0.2) is 53.3 Å². The van der Waals surface area contributed by atoms with E-state index >= 15 is 0 Å². The van der Waals surface area contributed by atoms with E-state index in [1.165, 1.54) is 4.68 Å².